The van der Waals surface area contributed by atoms with E-state index < -0.39 is 11.9 Å². The van der Waals surface area contributed by atoms with Crippen LogP contribution >= 0.6 is 11.8 Å². The van der Waals surface area contributed by atoms with Gasteiger partial charge >= 0.3 is 6.03 Å². The van der Waals surface area contributed by atoms with Crippen molar-refractivity contribution >= 4 is 23.7 Å². The number of ether oxygens (including phenoxy) is 1. The summed E-state index contributed by atoms with van der Waals surface area (Å²) in [6.07, 6.45) is 1.51. The minimum atomic E-state index is -0.588. The van der Waals surface area contributed by atoms with Crippen molar-refractivity contribution in [3.63, 3.8) is 0 Å². The summed E-state index contributed by atoms with van der Waals surface area (Å²) < 4.78 is 12.2. The van der Waals surface area contributed by atoms with Crippen LogP contribution in [0, 0.1) is 0 Å². The Balaban J connectivity index is 1.54. The molecule has 0 aliphatic heterocycles. The van der Waals surface area contributed by atoms with Gasteiger partial charge in [-0.15, -0.1) is 10.2 Å². The molecule has 146 valence electrons. The number of methoxy groups -OCH3 is 1. The number of thioether (sulfide) groups is 1. The standard InChI is InChI=1S/C18H19N5O4S/c1-23-16(13-7-3-4-8-14(13)26-2)21-22-18(23)28-11-15(24)20-17(25)19-10-12-6-5-9-27-12/h3-9H,10-11H2,1-2H3,(H2,19,20,24,25). The first-order chi connectivity index (χ1) is 13.6. The molecule has 0 aliphatic rings. The summed E-state index contributed by atoms with van der Waals surface area (Å²) in [5.41, 5.74) is 0.800. The van der Waals surface area contributed by atoms with E-state index >= 15 is 0 Å². The first-order valence-electron chi connectivity index (χ1n) is 8.34. The normalized spacial score (nSPS) is 10.5. The highest BCUT2D eigenvalue weighted by molar-refractivity contribution is 7.99. The molecule has 28 heavy (non-hydrogen) atoms. The van der Waals surface area contributed by atoms with E-state index in [0.29, 0.717) is 22.5 Å². The largest absolute Gasteiger partial charge is 0.496 e. The van der Waals surface area contributed by atoms with Crippen LogP contribution in [0.25, 0.3) is 11.4 Å². The highest BCUT2D eigenvalue weighted by Crippen LogP contribution is 2.29. The van der Waals surface area contributed by atoms with Crippen molar-refractivity contribution < 1.29 is 18.7 Å². The Labute approximate surface area is 165 Å². The second-order valence-corrected chi connectivity index (χ2v) is 6.61. The molecule has 0 saturated carbocycles. The molecule has 1 aromatic carbocycles. The number of rotatable bonds is 7. The number of nitrogens with zero attached hydrogens (tertiary/aromatic N) is 3. The first kappa shape index (κ1) is 19.5. The zero-order chi connectivity index (χ0) is 19.9. The topological polar surface area (TPSA) is 111 Å². The maximum atomic E-state index is 12.0. The summed E-state index contributed by atoms with van der Waals surface area (Å²) in [5, 5.41) is 13.6. The van der Waals surface area contributed by atoms with Crippen LogP contribution in [-0.2, 0) is 18.4 Å². The van der Waals surface area contributed by atoms with Gasteiger partial charge in [-0.1, -0.05) is 23.9 Å². The lowest BCUT2D eigenvalue weighted by Crippen LogP contribution is -2.39. The van der Waals surface area contributed by atoms with E-state index in [0.717, 1.165) is 5.56 Å². The van der Waals surface area contributed by atoms with E-state index in [1.807, 2.05) is 24.3 Å². The number of para-hydroxylation sites is 1. The van der Waals surface area contributed by atoms with Crippen LogP contribution in [-0.4, -0.2) is 39.6 Å². The molecule has 0 saturated heterocycles. The third-order valence-electron chi connectivity index (χ3n) is 3.77. The average molecular weight is 401 g/mol. The predicted molar refractivity (Wildman–Crippen MR) is 103 cm³/mol. The SMILES string of the molecule is COc1ccccc1-c1nnc(SCC(=O)NC(=O)NCc2ccco2)n1C. The Hall–Kier alpha value is -3.27. The Morgan fingerprint density at radius 1 is 1.21 bits per heavy atom. The Kier molecular flexibility index (Phi) is 6.33. The van der Waals surface area contributed by atoms with Gasteiger partial charge < -0.3 is 19.0 Å². The molecule has 3 aromatic rings. The lowest BCUT2D eigenvalue weighted by molar-refractivity contribution is -0.117. The minimum absolute atomic E-state index is 0.0199. The molecule has 0 fully saturated rings. The monoisotopic (exact) mass is 401 g/mol. The Morgan fingerprint density at radius 2 is 2.04 bits per heavy atom. The van der Waals surface area contributed by atoms with Gasteiger partial charge in [-0.2, -0.15) is 0 Å². The molecule has 0 aliphatic carbocycles. The van der Waals surface area contributed by atoms with E-state index in [2.05, 4.69) is 20.8 Å². The predicted octanol–water partition coefficient (Wildman–Crippen LogP) is 2.20. The second-order valence-electron chi connectivity index (χ2n) is 5.66. The fourth-order valence-electron chi connectivity index (χ4n) is 2.42. The van der Waals surface area contributed by atoms with Crippen LogP contribution in [0.4, 0.5) is 4.79 Å². The van der Waals surface area contributed by atoms with Gasteiger partial charge in [0.1, 0.15) is 11.5 Å². The van der Waals surface area contributed by atoms with E-state index in [-0.39, 0.29) is 12.3 Å². The van der Waals surface area contributed by atoms with Crippen molar-refractivity contribution in [3.8, 4) is 17.1 Å². The van der Waals surface area contributed by atoms with Crippen LogP contribution in [0.15, 0.2) is 52.2 Å². The molecule has 2 N–H and O–H groups in total. The van der Waals surface area contributed by atoms with Crippen molar-refractivity contribution in [2.75, 3.05) is 12.9 Å². The van der Waals surface area contributed by atoms with Crippen molar-refractivity contribution in [1.29, 1.82) is 0 Å². The molecule has 0 radical (unpaired) electrons. The quantitative estimate of drug-likeness (QED) is 0.584. The van der Waals surface area contributed by atoms with Crippen LogP contribution in [0.2, 0.25) is 0 Å². The summed E-state index contributed by atoms with van der Waals surface area (Å²) >= 11 is 1.18. The maximum Gasteiger partial charge on any atom is 0.321 e. The summed E-state index contributed by atoms with van der Waals surface area (Å²) in [4.78, 5) is 23.7. The number of hydrogen-bond acceptors (Lipinski definition) is 7. The van der Waals surface area contributed by atoms with Gasteiger partial charge in [0.05, 0.1) is 31.2 Å². The molecule has 3 amide bonds. The lowest BCUT2D eigenvalue weighted by atomic mass is 10.2. The highest BCUT2D eigenvalue weighted by atomic mass is 32.2. The molecule has 2 heterocycles. The Morgan fingerprint density at radius 3 is 2.79 bits per heavy atom. The number of benzene rings is 1. The van der Waals surface area contributed by atoms with Crippen LogP contribution < -0.4 is 15.4 Å². The molecule has 0 atom stereocenters. The van der Waals surface area contributed by atoms with Crippen molar-refractivity contribution in [2.24, 2.45) is 7.05 Å². The van der Waals surface area contributed by atoms with Gasteiger partial charge in [0.15, 0.2) is 11.0 Å². The van der Waals surface area contributed by atoms with E-state index in [1.54, 1.807) is 30.9 Å². The van der Waals surface area contributed by atoms with Crippen molar-refractivity contribution in [3.05, 3.63) is 48.4 Å². The molecule has 2 aromatic heterocycles. The van der Waals surface area contributed by atoms with Gasteiger partial charge in [0.2, 0.25) is 5.91 Å². The van der Waals surface area contributed by atoms with Gasteiger partial charge in [-0.25, -0.2) is 4.79 Å². The molecule has 0 bridgehead atoms. The number of hydrogen-bond donors (Lipinski definition) is 2. The number of carbonyl (C=O) groups excluding carboxylic acids is 2. The zero-order valence-corrected chi connectivity index (χ0v) is 16.2. The Bertz CT molecular complexity index is 955. The fraction of sp³-hybridized carbons (Fsp3) is 0.222. The molecule has 10 heteroatoms. The van der Waals surface area contributed by atoms with Gasteiger partial charge in [-0.3, -0.25) is 10.1 Å². The molecule has 3 rings (SSSR count). The number of carbonyl (C=O) groups is 2. The smallest absolute Gasteiger partial charge is 0.321 e. The highest BCUT2D eigenvalue weighted by Gasteiger charge is 2.16. The van der Waals surface area contributed by atoms with Gasteiger partial charge in [-0.05, 0) is 24.3 Å². The summed E-state index contributed by atoms with van der Waals surface area (Å²) in [7, 11) is 3.39. The molecule has 0 unspecified atom stereocenters. The van der Waals surface area contributed by atoms with Gasteiger partial charge in [0, 0.05) is 7.05 Å². The van der Waals surface area contributed by atoms with Crippen LogP contribution in [0.3, 0.4) is 0 Å². The summed E-state index contributed by atoms with van der Waals surface area (Å²) in [6.45, 7) is 0.199. The van der Waals surface area contributed by atoms with E-state index in [9.17, 15) is 9.59 Å². The summed E-state index contributed by atoms with van der Waals surface area (Å²) in [5.74, 6) is 1.48. The maximum absolute atomic E-state index is 12.0. The number of amides is 3. The molecular formula is C18H19N5O4S. The van der Waals surface area contributed by atoms with E-state index in [1.165, 1.54) is 18.0 Å². The van der Waals surface area contributed by atoms with Crippen molar-refractivity contribution in [1.82, 2.24) is 25.4 Å². The average Bonchev–Trinajstić information content (AvgIpc) is 3.34. The number of imide groups is 1. The minimum Gasteiger partial charge on any atom is -0.496 e. The van der Waals surface area contributed by atoms with Crippen molar-refractivity contribution in [2.45, 2.75) is 11.7 Å². The number of furan rings is 1. The number of aromatic nitrogens is 3. The van der Waals surface area contributed by atoms with E-state index in [4.69, 9.17) is 9.15 Å². The van der Waals surface area contributed by atoms with Crippen LogP contribution in [0.1, 0.15) is 5.76 Å². The van der Waals surface area contributed by atoms with Gasteiger partial charge in [0.25, 0.3) is 0 Å². The molecule has 9 nitrogen and oxygen atoms in total. The molecular weight excluding hydrogens is 382 g/mol. The first-order valence-corrected chi connectivity index (χ1v) is 9.32. The summed E-state index contributed by atoms with van der Waals surface area (Å²) in [6, 6.07) is 10.3. The number of urea groups is 1. The fourth-order valence-corrected chi connectivity index (χ4v) is 3.13. The van der Waals surface area contributed by atoms with Crippen LogP contribution in [0.5, 0.6) is 5.75 Å². The third-order valence-corrected chi connectivity index (χ3v) is 4.79. The molecule has 0 spiro atoms. The second kappa shape index (κ2) is 9.09. The number of nitrogens with one attached hydrogen (secondary N) is 2. The zero-order valence-electron chi connectivity index (χ0n) is 15.3. The third kappa shape index (κ3) is 4.71. The lowest BCUT2D eigenvalue weighted by Gasteiger charge is -2.08.